The molecule has 1 heterocycles. The van der Waals surface area contributed by atoms with E-state index in [1.165, 1.54) is 16.9 Å². The summed E-state index contributed by atoms with van der Waals surface area (Å²) in [6.45, 7) is 6.64. The first-order valence-electron chi connectivity index (χ1n) is 6.98. The van der Waals surface area contributed by atoms with Crippen molar-refractivity contribution in [2.45, 2.75) is 26.4 Å². The summed E-state index contributed by atoms with van der Waals surface area (Å²) in [7, 11) is 0. The van der Waals surface area contributed by atoms with Crippen molar-refractivity contribution in [2.75, 3.05) is 9.80 Å². The van der Waals surface area contributed by atoms with E-state index in [-0.39, 0.29) is 5.66 Å². The van der Waals surface area contributed by atoms with E-state index < -0.39 is 0 Å². The fraction of sp³-hybridized carbons (Fsp3) is 0.222. The number of anilines is 2. The molecule has 1 aliphatic heterocycles. The van der Waals surface area contributed by atoms with Crippen LogP contribution in [0, 0.1) is 6.92 Å². The average Bonchev–Trinajstić information content (AvgIpc) is 2.76. The van der Waals surface area contributed by atoms with E-state index in [0.29, 0.717) is 0 Å². The number of benzene rings is 2. The SMILES string of the molecule is Cc1ccccc1N1C=CN(c2ccccc2)C1(C)C. The first-order chi connectivity index (χ1) is 9.60. The topological polar surface area (TPSA) is 6.48 Å². The standard InChI is InChI=1S/C18H20N2/c1-15-9-7-8-12-17(15)20-14-13-19(18(20,2)3)16-10-5-4-6-11-16/h4-14H,1-3H3. The second kappa shape index (κ2) is 4.71. The van der Waals surface area contributed by atoms with Gasteiger partial charge < -0.3 is 9.80 Å². The summed E-state index contributed by atoms with van der Waals surface area (Å²) in [6, 6.07) is 19.0. The van der Waals surface area contributed by atoms with Crippen LogP contribution in [0.3, 0.4) is 0 Å². The number of nitrogens with zero attached hydrogens (tertiary/aromatic N) is 2. The maximum Gasteiger partial charge on any atom is 0.115 e. The predicted octanol–water partition coefficient (Wildman–Crippen LogP) is 4.53. The third-order valence-corrected chi connectivity index (χ3v) is 3.95. The van der Waals surface area contributed by atoms with Crippen LogP contribution < -0.4 is 9.80 Å². The van der Waals surface area contributed by atoms with E-state index in [2.05, 4.69) is 97.6 Å². The molecule has 0 atom stereocenters. The van der Waals surface area contributed by atoms with Gasteiger partial charge in [-0.1, -0.05) is 36.4 Å². The van der Waals surface area contributed by atoms with Gasteiger partial charge in [0.15, 0.2) is 0 Å². The fourth-order valence-electron chi connectivity index (χ4n) is 2.81. The van der Waals surface area contributed by atoms with Crippen molar-refractivity contribution >= 4 is 11.4 Å². The quantitative estimate of drug-likeness (QED) is 0.786. The highest BCUT2D eigenvalue weighted by Crippen LogP contribution is 2.37. The van der Waals surface area contributed by atoms with Crippen molar-refractivity contribution in [3.8, 4) is 0 Å². The van der Waals surface area contributed by atoms with Crippen LogP contribution in [-0.4, -0.2) is 5.66 Å². The zero-order chi connectivity index (χ0) is 14.2. The molecule has 0 saturated carbocycles. The second-order valence-corrected chi connectivity index (χ2v) is 5.65. The van der Waals surface area contributed by atoms with Crippen LogP contribution >= 0.6 is 0 Å². The molecule has 0 aromatic heterocycles. The van der Waals surface area contributed by atoms with Gasteiger partial charge in [0.2, 0.25) is 0 Å². The van der Waals surface area contributed by atoms with E-state index in [0.717, 1.165) is 0 Å². The highest BCUT2D eigenvalue weighted by Gasteiger charge is 2.36. The summed E-state index contributed by atoms with van der Waals surface area (Å²) < 4.78 is 0. The average molecular weight is 264 g/mol. The van der Waals surface area contributed by atoms with Crippen molar-refractivity contribution in [1.82, 2.24) is 0 Å². The lowest BCUT2D eigenvalue weighted by molar-refractivity contribution is 0.531. The van der Waals surface area contributed by atoms with Crippen molar-refractivity contribution in [1.29, 1.82) is 0 Å². The van der Waals surface area contributed by atoms with Gasteiger partial charge in [-0.3, -0.25) is 0 Å². The molecule has 0 amide bonds. The third-order valence-electron chi connectivity index (χ3n) is 3.95. The minimum atomic E-state index is -0.118. The summed E-state index contributed by atoms with van der Waals surface area (Å²) in [5.74, 6) is 0. The first-order valence-corrected chi connectivity index (χ1v) is 6.98. The Labute approximate surface area is 121 Å². The molecule has 2 aromatic carbocycles. The Bertz CT molecular complexity index is 629. The summed E-state index contributed by atoms with van der Waals surface area (Å²) in [5.41, 5.74) is 3.64. The van der Waals surface area contributed by atoms with Crippen LogP contribution in [0.5, 0.6) is 0 Å². The monoisotopic (exact) mass is 264 g/mol. The van der Waals surface area contributed by atoms with Gasteiger partial charge in [0.05, 0.1) is 0 Å². The number of aryl methyl sites for hydroxylation is 1. The molecule has 2 nitrogen and oxygen atoms in total. The van der Waals surface area contributed by atoms with Gasteiger partial charge in [0, 0.05) is 23.8 Å². The zero-order valence-electron chi connectivity index (χ0n) is 12.2. The maximum atomic E-state index is 2.33. The van der Waals surface area contributed by atoms with Crippen LogP contribution in [-0.2, 0) is 0 Å². The molecule has 2 aromatic rings. The second-order valence-electron chi connectivity index (χ2n) is 5.65. The third kappa shape index (κ3) is 1.97. The van der Waals surface area contributed by atoms with Crippen LogP contribution in [0.2, 0.25) is 0 Å². The van der Waals surface area contributed by atoms with Gasteiger partial charge in [-0.15, -0.1) is 0 Å². The van der Waals surface area contributed by atoms with E-state index in [1.807, 2.05) is 0 Å². The van der Waals surface area contributed by atoms with Gasteiger partial charge in [-0.25, -0.2) is 0 Å². The summed E-state index contributed by atoms with van der Waals surface area (Å²) in [6.07, 6.45) is 4.32. The fourth-order valence-corrected chi connectivity index (χ4v) is 2.81. The number of hydrogen-bond acceptors (Lipinski definition) is 2. The molecule has 1 aliphatic rings. The first kappa shape index (κ1) is 12.8. The molecule has 3 rings (SSSR count). The van der Waals surface area contributed by atoms with Gasteiger partial charge >= 0.3 is 0 Å². The zero-order valence-corrected chi connectivity index (χ0v) is 12.2. The molecule has 0 saturated heterocycles. The van der Waals surface area contributed by atoms with E-state index in [1.54, 1.807) is 0 Å². The van der Waals surface area contributed by atoms with Crippen LogP contribution in [0.4, 0.5) is 11.4 Å². The molecular weight excluding hydrogens is 244 g/mol. The Hall–Kier alpha value is -2.22. The Morgan fingerprint density at radius 3 is 2.05 bits per heavy atom. The molecule has 0 radical (unpaired) electrons. The predicted molar refractivity (Wildman–Crippen MR) is 85.8 cm³/mol. The lowest BCUT2D eigenvalue weighted by Crippen LogP contribution is -2.48. The summed E-state index contributed by atoms with van der Waals surface area (Å²) in [4.78, 5) is 4.63. The Kier molecular flexibility index (Phi) is 3.01. The molecular formula is C18H20N2. The number of rotatable bonds is 2. The molecule has 0 fully saturated rings. The Morgan fingerprint density at radius 2 is 1.35 bits per heavy atom. The van der Waals surface area contributed by atoms with Crippen LogP contribution in [0.25, 0.3) is 0 Å². The van der Waals surface area contributed by atoms with Crippen molar-refractivity contribution in [3.05, 3.63) is 72.6 Å². The Balaban J connectivity index is 1.99. The van der Waals surface area contributed by atoms with Crippen molar-refractivity contribution in [3.63, 3.8) is 0 Å². The lowest BCUT2D eigenvalue weighted by atomic mass is 10.1. The molecule has 20 heavy (non-hydrogen) atoms. The lowest BCUT2D eigenvalue weighted by Gasteiger charge is -2.40. The number of hydrogen-bond donors (Lipinski definition) is 0. The molecule has 102 valence electrons. The molecule has 0 bridgehead atoms. The van der Waals surface area contributed by atoms with Gasteiger partial charge in [-0.2, -0.15) is 0 Å². The summed E-state index contributed by atoms with van der Waals surface area (Å²) in [5, 5.41) is 0. The molecule has 0 spiro atoms. The molecule has 0 unspecified atom stereocenters. The van der Waals surface area contributed by atoms with E-state index in [4.69, 9.17) is 0 Å². The summed E-state index contributed by atoms with van der Waals surface area (Å²) >= 11 is 0. The van der Waals surface area contributed by atoms with Crippen molar-refractivity contribution < 1.29 is 0 Å². The number of para-hydroxylation sites is 2. The highest BCUT2D eigenvalue weighted by atomic mass is 15.4. The van der Waals surface area contributed by atoms with E-state index in [9.17, 15) is 0 Å². The van der Waals surface area contributed by atoms with Crippen LogP contribution in [0.15, 0.2) is 67.0 Å². The maximum absolute atomic E-state index is 2.33. The minimum Gasteiger partial charge on any atom is -0.323 e. The smallest absolute Gasteiger partial charge is 0.115 e. The minimum absolute atomic E-state index is 0.118. The highest BCUT2D eigenvalue weighted by molar-refractivity contribution is 5.65. The van der Waals surface area contributed by atoms with Crippen molar-refractivity contribution in [2.24, 2.45) is 0 Å². The van der Waals surface area contributed by atoms with Gasteiger partial charge in [0.1, 0.15) is 5.66 Å². The normalized spacial score (nSPS) is 16.8. The van der Waals surface area contributed by atoms with Gasteiger partial charge in [0.25, 0.3) is 0 Å². The van der Waals surface area contributed by atoms with Gasteiger partial charge in [-0.05, 0) is 44.5 Å². The molecule has 0 aliphatic carbocycles. The molecule has 2 heteroatoms. The molecule has 0 N–H and O–H groups in total. The largest absolute Gasteiger partial charge is 0.323 e. The Morgan fingerprint density at radius 1 is 0.750 bits per heavy atom. The van der Waals surface area contributed by atoms with E-state index >= 15 is 0 Å². The van der Waals surface area contributed by atoms with Crippen LogP contribution in [0.1, 0.15) is 19.4 Å².